The Hall–Kier alpha value is -2.16. The fraction of sp³-hybridized carbons (Fsp3) is 0.304. The van der Waals surface area contributed by atoms with Gasteiger partial charge in [0.2, 0.25) is 0 Å². The summed E-state index contributed by atoms with van der Waals surface area (Å²) in [5, 5.41) is 13.7. The Bertz CT molecular complexity index is 886. The number of nitrogens with one attached hydrogen (secondary N) is 1. The molecule has 6 nitrogen and oxygen atoms in total. The van der Waals surface area contributed by atoms with Crippen molar-refractivity contribution in [1.29, 1.82) is 0 Å². The molecule has 4 N–H and O–H groups in total. The van der Waals surface area contributed by atoms with Crippen molar-refractivity contribution in [3.63, 3.8) is 0 Å². The third-order valence-electron chi connectivity index (χ3n) is 4.78. The van der Waals surface area contributed by atoms with Crippen LogP contribution >= 0.6 is 36.2 Å². The second kappa shape index (κ2) is 14.8. The van der Waals surface area contributed by atoms with E-state index in [2.05, 4.69) is 10.3 Å². The van der Waals surface area contributed by atoms with E-state index in [1.807, 2.05) is 60.7 Å². The molecule has 0 aliphatic heterocycles. The van der Waals surface area contributed by atoms with Crippen LogP contribution in [-0.2, 0) is 24.2 Å². The van der Waals surface area contributed by atoms with Gasteiger partial charge in [0.15, 0.2) is 0 Å². The number of amides is 1. The van der Waals surface area contributed by atoms with Crippen molar-refractivity contribution in [2.45, 2.75) is 44.1 Å². The van der Waals surface area contributed by atoms with E-state index < -0.39 is 18.2 Å². The molecule has 0 aliphatic carbocycles. The molecule has 0 spiro atoms. The number of ether oxygens (including phenoxy) is 1. The highest BCUT2D eigenvalue weighted by Crippen LogP contribution is 2.13. The Morgan fingerprint density at radius 3 is 2.19 bits per heavy atom. The van der Waals surface area contributed by atoms with Crippen molar-refractivity contribution < 1.29 is 14.6 Å². The smallest absolute Gasteiger partial charge is 0.407 e. The standard InChI is InChI=1S/C23H27N3O3S.2ClH/c24-19(11-17-7-3-1-4-8-17)13-22(27)21(12-18-9-5-2-6-10-18)26-23(28)29-15-20-14-25-16-30-20;;/h1-10,14,16,19,21-22,27H,11-13,15,24H2,(H,26,28);2*1H/t19-,21-,22-;;/m0../s1. The van der Waals surface area contributed by atoms with Crippen LogP contribution in [0.3, 0.4) is 0 Å². The van der Waals surface area contributed by atoms with Gasteiger partial charge in [0.25, 0.3) is 0 Å². The summed E-state index contributed by atoms with van der Waals surface area (Å²) in [6, 6.07) is 18.9. The normalized spacial score (nSPS) is 13.1. The first-order valence-corrected chi connectivity index (χ1v) is 10.8. The third kappa shape index (κ3) is 9.54. The first-order valence-electron chi connectivity index (χ1n) is 9.92. The van der Waals surface area contributed by atoms with E-state index in [1.165, 1.54) is 11.3 Å². The quantitative estimate of drug-likeness (QED) is 0.390. The molecule has 1 amide bonds. The highest BCUT2D eigenvalue weighted by molar-refractivity contribution is 7.09. The van der Waals surface area contributed by atoms with Gasteiger partial charge in [-0.15, -0.1) is 36.2 Å². The maximum absolute atomic E-state index is 12.3. The number of aromatic nitrogens is 1. The zero-order chi connectivity index (χ0) is 21.2. The average molecular weight is 498 g/mol. The van der Waals surface area contributed by atoms with Crippen LogP contribution in [0.15, 0.2) is 72.4 Å². The zero-order valence-electron chi connectivity index (χ0n) is 17.5. The lowest BCUT2D eigenvalue weighted by Crippen LogP contribution is -2.47. The molecule has 2 aromatic carbocycles. The third-order valence-corrected chi connectivity index (χ3v) is 5.53. The topological polar surface area (TPSA) is 97.5 Å². The molecule has 0 aliphatic rings. The van der Waals surface area contributed by atoms with Crippen LogP contribution in [0, 0.1) is 0 Å². The Kier molecular flexibility index (Phi) is 12.9. The summed E-state index contributed by atoms with van der Waals surface area (Å²) in [7, 11) is 0. The predicted molar refractivity (Wildman–Crippen MR) is 133 cm³/mol. The van der Waals surface area contributed by atoms with Gasteiger partial charge in [-0.3, -0.25) is 4.98 Å². The number of nitrogens with zero attached hydrogens (tertiary/aromatic N) is 1. The fourth-order valence-electron chi connectivity index (χ4n) is 3.27. The monoisotopic (exact) mass is 497 g/mol. The molecular weight excluding hydrogens is 469 g/mol. The molecule has 0 unspecified atom stereocenters. The Morgan fingerprint density at radius 1 is 1.03 bits per heavy atom. The number of rotatable bonds is 10. The van der Waals surface area contributed by atoms with E-state index in [0.717, 1.165) is 16.0 Å². The van der Waals surface area contributed by atoms with E-state index >= 15 is 0 Å². The number of aliphatic hydroxyl groups is 1. The highest BCUT2D eigenvalue weighted by atomic mass is 35.5. The van der Waals surface area contributed by atoms with E-state index in [9.17, 15) is 9.90 Å². The van der Waals surface area contributed by atoms with Gasteiger partial charge in [-0.2, -0.15) is 0 Å². The number of carbonyl (C=O) groups is 1. The van der Waals surface area contributed by atoms with Gasteiger partial charge < -0.3 is 20.9 Å². The van der Waals surface area contributed by atoms with Crippen LogP contribution < -0.4 is 11.1 Å². The molecule has 0 saturated heterocycles. The van der Waals surface area contributed by atoms with Crippen molar-refractivity contribution in [3.05, 3.63) is 88.4 Å². The molecule has 9 heteroatoms. The summed E-state index contributed by atoms with van der Waals surface area (Å²) in [6.07, 6.45) is 1.79. The number of benzene rings is 2. The Morgan fingerprint density at radius 2 is 1.62 bits per heavy atom. The van der Waals surface area contributed by atoms with Crippen LogP contribution in [0.1, 0.15) is 22.4 Å². The molecule has 174 valence electrons. The van der Waals surface area contributed by atoms with E-state index in [1.54, 1.807) is 11.7 Å². The van der Waals surface area contributed by atoms with Crippen LogP contribution in [0.2, 0.25) is 0 Å². The predicted octanol–water partition coefficient (Wildman–Crippen LogP) is 4.15. The lowest BCUT2D eigenvalue weighted by molar-refractivity contribution is 0.0925. The number of nitrogens with two attached hydrogens (primary N) is 1. The van der Waals surface area contributed by atoms with Crippen molar-refractivity contribution in [2.24, 2.45) is 5.73 Å². The van der Waals surface area contributed by atoms with Crippen LogP contribution in [0.5, 0.6) is 0 Å². The molecule has 1 aromatic heterocycles. The van der Waals surface area contributed by atoms with Gasteiger partial charge in [0, 0.05) is 12.2 Å². The number of aliphatic hydroxyl groups excluding tert-OH is 1. The molecule has 0 saturated carbocycles. The maximum Gasteiger partial charge on any atom is 0.407 e. The molecule has 32 heavy (non-hydrogen) atoms. The Labute approximate surface area is 205 Å². The van der Waals surface area contributed by atoms with Crippen molar-refractivity contribution in [3.8, 4) is 0 Å². The summed E-state index contributed by atoms with van der Waals surface area (Å²) < 4.78 is 5.28. The Balaban J connectivity index is 0.00000256. The number of hydrogen-bond acceptors (Lipinski definition) is 6. The highest BCUT2D eigenvalue weighted by Gasteiger charge is 2.24. The van der Waals surface area contributed by atoms with Gasteiger partial charge >= 0.3 is 6.09 Å². The van der Waals surface area contributed by atoms with Crippen LogP contribution in [0.4, 0.5) is 4.79 Å². The molecular formula is C23H29Cl2N3O3S. The summed E-state index contributed by atoms with van der Waals surface area (Å²) in [5.74, 6) is 0. The van der Waals surface area contributed by atoms with Gasteiger partial charge in [-0.1, -0.05) is 60.7 Å². The lowest BCUT2D eigenvalue weighted by atomic mass is 9.94. The molecule has 0 radical (unpaired) electrons. The first kappa shape index (κ1) is 27.9. The van der Waals surface area contributed by atoms with Crippen molar-refractivity contribution in [1.82, 2.24) is 10.3 Å². The molecule has 3 rings (SSSR count). The van der Waals surface area contributed by atoms with Gasteiger partial charge in [0.1, 0.15) is 6.61 Å². The number of halogens is 2. The summed E-state index contributed by atoms with van der Waals surface area (Å²) in [6.45, 7) is 0.151. The minimum Gasteiger partial charge on any atom is -0.444 e. The fourth-order valence-corrected chi connectivity index (χ4v) is 3.77. The van der Waals surface area contributed by atoms with Crippen molar-refractivity contribution in [2.75, 3.05) is 0 Å². The SMILES string of the molecule is Cl.Cl.N[C@@H](Cc1ccccc1)C[C@H](O)[C@H](Cc1ccccc1)NC(=O)OCc1cncs1. The lowest BCUT2D eigenvalue weighted by Gasteiger charge is -2.26. The average Bonchev–Trinajstić information content (AvgIpc) is 3.27. The van der Waals surface area contributed by atoms with Gasteiger partial charge in [-0.25, -0.2) is 4.79 Å². The molecule has 3 aromatic rings. The maximum atomic E-state index is 12.3. The largest absolute Gasteiger partial charge is 0.444 e. The number of carbonyl (C=O) groups excluding carboxylic acids is 1. The molecule has 0 fully saturated rings. The van der Waals surface area contributed by atoms with E-state index in [-0.39, 0.29) is 37.5 Å². The van der Waals surface area contributed by atoms with Crippen LogP contribution in [-0.4, -0.2) is 34.4 Å². The van der Waals surface area contributed by atoms with E-state index in [0.29, 0.717) is 19.3 Å². The van der Waals surface area contributed by atoms with Gasteiger partial charge in [-0.05, 0) is 30.4 Å². The summed E-state index contributed by atoms with van der Waals surface area (Å²) >= 11 is 1.42. The minimum absolute atomic E-state index is 0. The molecule has 0 bridgehead atoms. The summed E-state index contributed by atoms with van der Waals surface area (Å²) in [4.78, 5) is 17.2. The van der Waals surface area contributed by atoms with Gasteiger partial charge in [0.05, 0.1) is 22.5 Å². The first-order chi connectivity index (χ1) is 14.6. The number of thiazole rings is 1. The van der Waals surface area contributed by atoms with Crippen molar-refractivity contribution >= 4 is 42.2 Å². The molecule has 1 heterocycles. The molecule has 3 atom stereocenters. The van der Waals surface area contributed by atoms with E-state index in [4.69, 9.17) is 10.5 Å². The number of alkyl carbamates (subject to hydrolysis) is 1. The number of hydrogen-bond donors (Lipinski definition) is 3. The summed E-state index contributed by atoms with van der Waals surface area (Å²) in [5.41, 5.74) is 10.1. The van der Waals surface area contributed by atoms with Crippen LogP contribution in [0.25, 0.3) is 0 Å². The second-order valence-corrected chi connectivity index (χ2v) is 8.21. The zero-order valence-corrected chi connectivity index (χ0v) is 20.0. The second-order valence-electron chi connectivity index (χ2n) is 7.24. The minimum atomic E-state index is -0.806.